The molecule has 0 spiro atoms. The molecule has 1 atom stereocenters. The Labute approximate surface area is 157 Å². The molecule has 0 saturated carbocycles. The Morgan fingerprint density at radius 1 is 1.15 bits per heavy atom. The largest absolute Gasteiger partial charge is 0.465 e. The second kappa shape index (κ2) is 6.95. The third kappa shape index (κ3) is 3.01. The number of fused-ring (bicyclic) bond motifs is 5. The van der Waals surface area contributed by atoms with E-state index in [0.29, 0.717) is 0 Å². The van der Waals surface area contributed by atoms with Crippen LogP contribution in [0.2, 0.25) is 0 Å². The van der Waals surface area contributed by atoms with Crippen molar-refractivity contribution >= 4 is 22.8 Å². The number of allylic oxidation sites excluding steroid dienone is 2. The molecule has 140 valence electrons. The first-order chi connectivity index (χ1) is 13.1. The second-order valence-corrected chi connectivity index (χ2v) is 6.85. The van der Waals surface area contributed by atoms with Crippen molar-refractivity contribution in [3.8, 4) is 0 Å². The average molecular weight is 366 g/mol. The fourth-order valence-electron chi connectivity index (χ4n) is 4.10. The minimum Gasteiger partial charge on any atom is -0.465 e. The zero-order chi connectivity index (χ0) is 19.0. The Morgan fingerprint density at radius 3 is 2.63 bits per heavy atom. The summed E-state index contributed by atoms with van der Waals surface area (Å²) in [6.07, 6.45) is 6.29. The molecule has 2 aliphatic heterocycles. The zero-order valence-electron chi connectivity index (χ0n) is 15.5. The molecular formula is C21H22N2O4. The fourth-order valence-corrected chi connectivity index (χ4v) is 4.10. The molecule has 1 N–H and O–H groups in total. The van der Waals surface area contributed by atoms with Crippen molar-refractivity contribution in [1.82, 2.24) is 9.88 Å². The zero-order valence-corrected chi connectivity index (χ0v) is 15.5. The van der Waals surface area contributed by atoms with Gasteiger partial charge in [0.2, 0.25) is 0 Å². The minimum atomic E-state index is -0.679. The van der Waals surface area contributed by atoms with E-state index in [1.165, 1.54) is 36.4 Å². The van der Waals surface area contributed by atoms with Gasteiger partial charge in [0, 0.05) is 29.3 Å². The number of ether oxygens (including phenoxy) is 2. The van der Waals surface area contributed by atoms with Crippen LogP contribution < -0.4 is 0 Å². The Kier molecular flexibility index (Phi) is 4.48. The number of methoxy groups -OCH3 is 2. The summed E-state index contributed by atoms with van der Waals surface area (Å²) in [6.45, 7) is 0.905. The number of hydrogen-bond donors (Lipinski definition) is 1. The molecule has 0 radical (unpaired) electrons. The van der Waals surface area contributed by atoms with Gasteiger partial charge in [0.1, 0.15) is 5.57 Å². The number of rotatable bonds is 3. The number of benzene rings is 1. The number of para-hydroxylation sites is 1. The van der Waals surface area contributed by atoms with E-state index in [4.69, 9.17) is 9.47 Å². The molecule has 0 saturated heterocycles. The lowest BCUT2D eigenvalue weighted by Crippen LogP contribution is -2.33. The predicted molar refractivity (Wildman–Crippen MR) is 101 cm³/mol. The molecule has 0 aliphatic carbocycles. The van der Waals surface area contributed by atoms with Crippen molar-refractivity contribution < 1.29 is 19.1 Å². The topological polar surface area (TPSA) is 71.6 Å². The van der Waals surface area contributed by atoms with E-state index in [1.54, 1.807) is 6.08 Å². The van der Waals surface area contributed by atoms with Gasteiger partial charge in [-0.05, 0) is 42.5 Å². The normalized spacial score (nSPS) is 18.2. The van der Waals surface area contributed by atoms with Gasteiger partial charge in [0.25, 0.3) is 0 Å². The second-order valence-electron chi connectivity index (χ2n) is 6.85. The van der Waals surface area contributed by atoms with E-state index in [2.05, 4.69) is 34.3 Å². The predicted octanol–water partition coefficient (Wildman–Crippen LogP) is 3.02. The summed E-state index contributed by atoms with van der Waals surface area (Å²) in [5, 5.41) is 1.31. The van der Waals surface area contributed by atoms with E-state index in [0.717, 1.165) is 31.4 Å². The van der Waals surface area contributed by atoms with E-state index in [9.17, 15) is 9.59 Å². The van der Waals surface area contributed by atoms with Crippen molar-refractivity contribution in [3.63, 3.8) is 0 Å². The molecule has 3 heterocycles. The number of carbonyl (C=O) groups is 2. The van der Waals surface area contributed by atoms with Gasteiger partial charge in [-0.1, -0.05) is 18.2 Å². The molecule has 2 aromatic rings. The van der Waals surface area contributed by atoms with Gasteiger partial charge in [-0.3, -0.25) is 0 Å². The summed E-state index contributed by atoms with van der Waals surface area (Å²) in [6, 6.07) is 8.70. The van der Waals surface area contributed by atoms with Crippen molar-refractivity contribution in [3.05, 3.63) is 58.9 Å². The minimum absolute atomic E-state index is 0.0759. The summed E-state index contributed by atoms with van der Waals surface area (Å²) >= 11 is 0. The third-order valence-electron chi connectivity index (χ3n) is 5.38. The lowest BCUT2D eigenvalue weighted by atomic mass is 9.90. The smallest absolute Gasteiger partial charge is 0.345 e. The van der Waals surface area contributed by atoms with E-state index in [1.807, 2.05) is 6.07 Å². The number of aromatic amines is 1. The van der Waals surface area contributed by atoms with Crippen LogP contribution >= 0.6 is 0 Å². The van der Waals surface area contributed by atoms with E-state index in [-0.39, 0.29) is 11.6 Å². The third-order valence-corrected chi connectivity index (χ3v) is 5.38. The molecule has 6 nitrogen and oxygen atoms in total. The van der Waals surface area contributed by atoms with Crippen LogP contribution in [0.3, 0.4) is 0 Å². The first kappa shape index (κ1) is 17.4. The van der Waals surface area contributed by atoms with Crippen molar-refractivity contribution in [2.45, 2.75) is 25.3 Å². The van der Waals surface area contributed by atoms with Gasteiger partial charge in [-0.25, -0.2) is 9.59 Å². The Bertz CT molecular complexity index is 952. The van der Waals surface area contributed by atoms with E-state index < -0.39 is 11.9 Å². The molecule has 6 heteroatoms. The van der Waals surface area contributed by atoms with Crippen LogP contribution in [0.15, 0.2) is 47.7 Å². The average Bonchev–Trinajstić information content (AvgIpc) is 3.09. The lowest BCUT2D eigenvalue weighted by Gasteiger charge is -2.38. The number of nitrogens with one attached hydrogen (secondary N) is 1. The molecule has 0 fully saturated rings. The first-order valence-corrected chi connectivity index (χ1v) is 9.06. The Balaban J connectivity index is 1.66. The number of esters is 2. The number of hydrogen-bond acceptors (Lipinski definition) is 5. The molecule has 27 heavy (non-hydrogen) atoms. The summed E-state index contributed by atoms with van der Waals surface area (Å²) in [4.78, 5) is 29.7. The summed E-state index contributed by atoms with van der Waals surface area (Å²) in [7, 11) is 2.51. The lowest BCUT2D eigenvalue weighted by molar-refractivity contribution is -0.144. The summed E-state index contributed by atoms with van der Waals surface area (Å²) in [5.74, 6) is -1.36. The number of aromatic nitrogens is 1. The van der Waals surface area contributed by atoms with Crippen molar-refractivity contribution in [2.75, 3.05) is 20.8 Å². The summed E-state index contributed by atoms with van der Waals surface area (Å²) < 4.78 is 9.42. The highest BCUT2D eigenvalue weighted by molar-refractivity contribution is 6.14. The highest BCUT2D eigenvalue weighted by Gasteiger charge is 2.31. The molecule has 1 unspecified atom stereocenters. The molecule has 4 rings (SSSR count). The highest BCUT2D eigenvalue weighted by Crippen LogP contribution is 2.40. The van der Waals surface area contributed by atoms with Crippen LogP contribution in [0.1, 0.15) is 30.1 Å². The van der Waals surface area contributed by atoms with Crippen LogP contribution in [-0.2, 0) is 25.5 Å². The monoisotopic (exact) mass is 366 g/mol. The molecule has 1 aromatic heterocycles. The van der Waals surface area contributed by atoms with Crippen molar-refractivity contribution in [2.24, 2.45) is 0 Å². The Morgan fingerprint density at radius 2 is 1.89 bits per heavy atom. The van der Waals surface area contributed by atoms with E-state index >= 15 is 0 Å². The van der Waals surface area contributed by atoms with Crippen LogP contribution in [-0.4, -0.2) is 42.6 Å². The number of H-pyrrole nitrogens is 1. The summed E-state index contributed by atoms with van der Waals surface area (Å²) in [5.41, 5.74) is 4.72. The SMILES string of the molecule is COC(=O)C(=CC1=CN2CCc3c([nH]c4ccccc34)C2CC1)C(=O)OC. The van der Waals surface area contributed by atoms with Crippen LogP contribution in [0.25, 0.3) is 10.9 Å². The molecule has 1 aromatic carbocycles. The maximum Gasteiger partial charge on any atom is 0.345 e. The standard InChI is InChI=1S/C21H22N2O4/c1-26-20(24)16(21(25)27-2)11-13-7-8-18-19-15(9-10-23(18)12-13)14-5-3-4-6-17(14)22-19/h3-6,11-12,18,22H,7-10H2,1-2H3. The maximum absolute atomic E-state index is 11.9. The first-order valence-electron chi connectivity index (χ1n) is 9.06. The van der Waals surface area contributed by atoms with Crippen LogP contribution in [0.5, 0.6) is 0 Å². The van der Waals surface area contributed by atoms with Crippen molar-refractivity contribution in [1.29, 1.82) is 0 Å². The van der Waals surface area contributed by atoms with Gasteiger partial charge in [0.05, 0.1) is 20.3 Å². The van der Waals surface area contributed by atoms with Gasteiger partial charge >= 0.3 is 11.9 Å². The van der Waals surface area contributed by atoms with Gasteiger partial charge in [-0.15, -0.1) is 0 Å². The molecule has 2 aliphatic rings. The van der Waals surface area contributed by atoms with Gasteiger partial charge in [-0.2, -0.15) is 0 Å². The highest BCUT2D eigenvalue weighted by atomic mass is 16.5. The molecule has 0 bridgehead atoms. The van der Waals surface area contributed by atoms with Crippen LogP contribution in [0.4, 0.5) is 0 Å². The quantitative estimate of drug-likeness (QED) is 0.391. The number of carbonyl (C=O) groups excluding carboxylic acids is 2. The van der Waals surface area contributed by atoms with Gasteiger partial charge in [0.15, 0.2) is 0 Å². The maximum atomic E-state index is 11.9. The molecular weight excluding hydrogens is 344 g/mol. The molecule has 0 amide bonds. The Hall–Kier alpha value is -3.02. The fraction of sp³-hybridized carbons (Fsp3) is 0.333. The van der Waals surface area contributed by atoms with Crippen LogP contribution in [0, 0.1) is 0 Å². The van der Waals surface area contributed by atoms with Gasteiger partial charge < -0.3 is 19.4 Å². The number of nitrogens with zero attached hydrogens (tertiary/aromatic N) is 1.